The molecule has 0 spiro atoms. The highest BCUT2D eigenvalue weighted by Gasteiger charge is 2.01. The molecule has 0 saturated carbocycles. The van der Waals surface area contributed by atoms with Crippen LogP contribution in [0.25, 0.3) is 0 Å². The van der Waals surface area contributed by atoms with Crippen molar-refractivity contribution in [1.29, 1.82) is 5.53 Å². The molecule has 0 saturated heterocycles. The van der Waals surface area contributed by atoms with Crippen molar-refractivity contribution < 1.29 is 0 Å². The molecule has 1 rings (SSSR count). The Bertz CT molecular complexity index is 388. The number of hydrogen-bond acceptors (Lipinski definition) is 4. The summed E-state index contributed by atoms with van der Waals surface area (Å²) in [6.07, 6.45) is 0. The SMILES string of the molecule is Cc1c(N=N)[nH]c(=O)[nH]c1=O. The molecule has 0 unspecified atom stereocenters. The minimum absolute atomic E-state index is 0.00116. The van der Waals surface area contributed by atoms with E-state index in [1.165, 1.54) is 6.92 Å². The molecule has 0 aromatic carbocycles. The number of aromatic nitrogens is 2. The standard InChI is InChI=1S/C5H6N4O2/c1-2-3(9-6)7-5(11)8-4(2)10/h6H,1H3,(H2,7,8,10,11). The Morgan fingerprint density at radius 2 is 2.00 bits per heavy atom. The summed E-state index contributed by atoms with van der Waals surface area (Å²) >= 11 is 0. The molecule has 1 aromatic rings. The fourth-order valence-corrected chi connectivity index (χ4v) is 0.649. The van der Waals surface area contributed by atoms with E-state index >= 15 is 0 Å². The van der Waals surface area contributed by atoms with Crippen LogP contribution in [0.2, 0.25) is 0 Å². The minimum atomic E-state index is -0.647. The third-order valence-electron chi connectivity index (χ3n) is 1.27. The minimum Gasteiger partial charge on any atom is -0.290 e. The van der Waals surface area contributed by atoms with Gasteiger partial charge in [0, 0.05) is 0 Å². The molecule has 0 amide bonds. The van der Waals surface area contributed by atoms with E-state index in [1.807, 2.05) is 4.98 Å². The number of nitrogens with zero attached hydrogens (tertiary/aromatic N) is 1. The monoisotopic (exact) mass is 154 g/mol. The van der Waals surface area contributed by atoms with Crippen LogP contribution in [0.5, 0.6) is 0 Å². The van der Waals surface area contributed by atoms with Gasteiger partial charge in [-0.25, -0.2) is 10.3 Å². The van der Waals surface area contributed by atoms with Gasteiger partial charge >= 0.3 is 5.69 Å². The first kappa shape index (κ1) is 7.39. The van der Waals surface area contributed by atoms with E-state index in [2.05, 4.69) is 10.1 Å². The highest BCUT2D eigenvalue weighted by molar-refractivity contribution is 5.32. The number of rotatable bonds is 1. The van der Waals surface area contributed by atoms with Crippen molar-refractivity contribution in [1.82, 2.24) is 9.97 Å². The smallest absolute Gasteiger partial charge is 0.290 e. The first-order valence-corrected chi connectivity index (χ1v) is 2.86. The number of aromatic amines is 2. The van der Waals surface area contributed by atoms with Crippen molar-refractivity contribution in [2.45, 2.75) is 6.92 Å². The quantitative estimate of drug-likeness (QED) is 0.497. The Morgan fingerprint density at radius 3 is 2.55 bits per heavy atom. The summed E-state index contributed by atoms with van der Waals surface area (Å²) in [5, 5.41) is 2.97. The second-order valence-corrected chi connectivity index (χ2v) is 1.99. The predicted molar refractivity (Wildman–Crippen MR) is 37.2 cm³/mol. The number of hydrogen-bond donors (Lipinski definition) is 3. The lowest BCUT2D eigenvalue weighted by atomic mass is 10.3. The van der Waals surface area contributed by atoms with Gasteiger partial charge in [-0.2, -0.15) is 0 Å². The van der Waals surface area contributed by atoms with Crippen LogP contribution >= 0.6 is 0 Å². The van der Waals surface area contributed by atoms with E-state index in [9.17, 15) is 9.59 Å². The van der Waals surface area contributed by atoms with E-state index in [-0.39, 0.29) is 11.4 Å². The normalized spacial score (nSPS) is 9.55. The molecule has 0 radical (unpaired) electrons. The van der Waals surface area contributed by atoms with Crippen LogP contribution in [0.1, 0.15) is 5.56 Å². The summed E-state index contributed by atoms with van der Waals surface area (Å²) in [6.45, 7) is 1.47. The van der Waals surface area contributed by atoms with Gasteiger partial charge in [0.15, 0.2) is 5.82 Å². The second-order valence-electron chi connectivity index (χ2n) is 1.99. The highest BCUT2D eigenvalue weighted by Crippen LogP contribution is 2.04. The molecular formula is C5H6N4O2. The van der Waals surface area contributed by atoms with E-state index in [0.29, 0.717) is 0 Å². The van der Waals surface area contributed by atoms with Crippen molar-refractivity contribution >= 4 is 5.82 Å². The maximum atomic E-state index is 10.8. The summed E-state index contributed by atoms with van der Waals surface area (Å²) in [4.78, 5) is 25.6. The third kappa shape index (κ3) is 1.23. The average Bonchev–Trinajstić information content (AvgIpc) is 1.96. The molecule has 3 N–H and O–H groups in total. The molecule has 0 bridgehead atoms. The Hall–Kier alpha value is -1.72. The van der Waals surface area contributed by atoms with Gasteiger partial charge in [-0.05, 0) is 6.92 Å². The van der Waals surface area contributed by atoms with Gasteiger partial charge in [0.1, 0.15) is 0 Å². The Labute approximate surface area is 60.8 Å². The van der Waals surface area contributed by atoms with Gasteiger partial charge in [0.05, 0.1) is 5.56 Å². The number of nitrogens with one attached hydrogen (secondary N) is 3. The van der Waals surface area contributed by atoms with Crippen molar-refractivity contribution in [3.8, 4) is 0 Å². The van der Waals surface area contributed by atoms with Crippen molar-refractivity contribution in [2.75, 3.05) is 0 Å². The van der Waals surface area contributed by atoms with Gasteiger partial charge in [0.2, 0.25) is 0 Å². The van der Waals surface area contributed by atoms with E-state index in [4.69, 9.17) is 5.53 Å². The lowest BCUT2D eigenvalue weighted by molar-refractivity contribution is 0.965. The molecule has 11 heavy (non-hydrogen) atoms. The van der Waals surface area contributed by atoms with Crippen LogP contribution in [0.15, 0.2) is 14.7 Å². The Balaban J connectivity index is 3.61. The van der Waals surface area contributed by atoms with Gasteiger partial charge in [0.25, 0.3) is 5.56 Å². The predicted octanol–water partition coefficient (Wildman–Crippen LogP) is 0.0341. The molecule has 6 nitrogen and oxygen atoms in total. The zero-order chi connectivity index (χ0) is 8.43. The van der Waals surface area contributed by atoms with Crippen LogP contribution in [-0.4, -0.2) is 9.97 Å². The van der Waals surface area contributed by atoms with E-state index in [1.54, 1.807) is 0 Å². The Morgan fingerprint density at radius 1 is 1.36 bits per heavy atom. The van der Waals surface area contributed by atoms with Crippen LogP contribution in [0, 0.1) is 12.5 Å². The first-order valence-electron chi connectivity index (χ1n) is 2.86. The highest BCUT2D eigenvalue weighted by atomic mass is 16.2. The average molecular weight is 154 g/mol. The van der Waals surface area contributed by atoms with Gasteiger partial charge in [-0.15, -0.1) is 5.11 Å². The van der Waals surface area contributed by atoms with Crippen molar-refractivity contribution in [3.63, 3.8) is 0 Å². The summed E-state index contributed by atoms with van der Waals surface area (Å²) in [6, 6.07) is 0. The zero-order valence-corrected chi connectivity index (χ0v) is 5.76. The van der Waals surface area contributed by atoms with Gasteiger partial charge < -0.3 is 0 Å². The van der Waals surface area contributed by atoms with Crippen LogP contribution < -0.4 is 11.2 Å². The summed E-state index contributed by atoms with van der Waals surface area (Å²) in [5.41, 5.74) is 5.65. The molecule has 1 heterocycles. The molecule has 58 valence electrons. The van der Waals surface area contributed by atoms with Gasteiger partial charge in [-0.1, -0.05) is 0 Å². The molecule has 0 aliphatic carbocycles. The fourth-order valence-electron chi connectivity index (χ4n) is 0.649. The fraction of sp³-hybridized carbons (Fsp3) is 0.200. The second kappa shape index (κ2) is 2.49. The van der Waals surface area contributed by atoms with Crippen molar-refractivity contribution in [3.05, 3.63) is 26.4 Å². The lowest BCUT2D eigenvalue weighted by Crippen LogP contribution is -2.23. The number of H-pyrrole nitrogens is 2. The molecule has 0 fully saturated rings. The lowest BCUT2D eigenvalue weighted by Gasteiger charge is -1.92. The molecule has 0 aliphatic rings. The topological polar surface area (TPSA) is 102 Å². The molecule has 0 atom stereocenters. The Kier molecular flexibility index (Phi) is 1.67. The maximum absolute atomic E-state index is 10.8. The summed E-state index contributed by atoms with van der Waals surface area (Å²) in [7, 11) is 0. The molecule has 0 aliphatic heterocycles. The van der Waals surface area contributed by atoms with Gasteiger partial charge in [-0.3, -0.25) is 14.8 Å². The largest absolute Gasteiger partial charge is 0.327 e. The summed E-state index contributed by atoms with van der Waals surface area (Å²) < 4.78 is 0. The van der Waals surface area contributed by atoms with E-state index in [0.717, 1.165) is 0 Å². The third-order valence-corrected chi connectivity index (χ3v) is 1.27. The van der Waals surface area contributed by atoms with Crippen LogP contribution in [0.4, 0.5) is 5.82 Å². The molecule has 6 heteroatoms. The first-order chi connectivity index (χ1) is 5.15. The van der Waals surface area contributed by atoms with Crippen LogP contribution in [-0.2, 0) is 0 Å². The maximum Gasteiger partial charge on any atom is 0.327 e. The molecule has 1 aromatic heterocycles. The van der Waals surface area contributed by atoms with E-state index < -0.39 is 11.2 Å². The van der Waals surface area contributed by atoms with Crippen molar-refractivity contribution in [2.24, 2.45) is 5.11 Å². The molecular weight excluding hydrogens is 148 g/mol. The van der Waals surface area contributed by atoms with Crippen LogP contribution in [0.3, 0.4) is 0 Å². The zero-order valence-electron chi connectivity index (χ0n) is 5.76. The summed E-state index contributed by atoms with van der Waals surface area (Å²) in [5.74, 6) is -0.00116.